The average Bonchev–Trinajstić information content (AvgIpc) is 3.07. The molecule has 1 aliphatic rings. The van der Waals surface area contributed by atoms with Crippen molar-refractivity contribution in [2.75, 3.05) is 13.2 Å². The van der Waals surface area contributed by atoms with Gasteiger partial charge in [-0.05, 0) is 44.6 Å². The molecule has 4 nitrogen and oxygen atoms in total. The second kappa shape index (κ2) is 7.74. The zero-order valence-corrected chi connectivity index (χ0v) is 13.6. The molecular formula is C17H28N2O2. The van der Waals surface area contributed by atoms with E-state index in [1.165, 1.54) is 5.69 Å². The Kier molecular flexibility index (Phi) is 5.97. The molecule has 2 rings (SSSR count). The number of Topliss-reactive ketones (excluding diaryl/α,β-unsaturated/α-hetero) is 1. The molecule has 0 aromatic carbocycles. The van der Waals surface area contributed by atoms with Gasteiger partial charge >= 0.3 is 0 Å². The maximum absolute atomic E-state index is 11.8. The molecule has 0 radical (unpaired) electrons. The highest BCUT2D eigenvalue weighted by atomic mass is 16.5. The first-order valence-electron chi connectivity index (χ1n) is 8.24. The summed E-state index contributed by atoms with van der Waals surface area (Å²) in [5.74, 6) is 1.14. The van der Waals surface area contributed by atoms with Crippen LogP contribution < -0.4 is 0 Å². The van der Waals surface area contributed by atoms with Crippen molar-refractivity contribution in [1.29, 1.82) is 0 Å². The molecule has 0 amide bonds. The second-order valence-electron chi connectivity index (χ2n) is 6.34. The molecule has 1 saturated heterocycles. The lowest BCUT2D eigenvalue weighted by Crippen LogP contribution is -2.14. The van der Waals surface area contributed by atoms with E-state index in [2.05, 4.69) is 24.6 Å². The van der Waals surface area contributed by atoms with Gasteiger partial charge in [-0.25, -0.2) is 0 Å². The van der Waals surface area contributed by atoms with Gasteiger partial charge in [0.1, 0.15) is 5.78 Å². The highest BCUT2D eigenvalue weighted by molar-refractivity contribution is 5.80. The molecule has 0 spiro atoms. The normalized spacial score (nSPS) is 19.9. The Bertz CT molecular complexity index is 461. The summed E-state index contributed by atoms with van der Waals surface area (Å²) in [6.45, 7) is 8.79. The molecule has 1 fully saturated rings. The van der Waals surface area contributed by atoms with Crippen LogP contribution in [0.3, 0.4) is 0 Å². The highest BCUT2D eigenvalue weighted by Crippen LogP contribution is 2.18. The number of carbonyl (C=O) groups excluding carboxylic acids is 1. The first-order valence-corrected chi connectivity index (χ1v) is 8.24. The quantitative estimate of drug-likeness (QED) is 0.739. The maximum Gasteiger partial charge on any atom is 0.135 e. The van der Waals surface area contributed by atoms with E-state index in [1.807, 2.05) is 6.92 Å². The Morgan fingerprint density at radius 2 is 2.38 bits per heavy atom. The Balaban J connectivity index is 1.85. The van der Waals surface area contributed by atoms with Crippen LogP contribution in [-0.2, 0) is 22.5 Å². The first kappa shape index (κ1) is 16.2. The van der Waals surface area contributed by atoms with Gasteiger partial charge in [0, 0.05) is 37.8 Å². The standard InChI is InChI=1S/C17H28N2O2/c1-4-5-17(20)13(2)6-8-19-14(3)10-16(18-19)11-15-7-9-21-12-15/h10,13,15H,4-9,11-12H2,1-3H3. The Morgan fingerprint density at radius 1 is 1.57 bits per heavy atom. The number of nitrogens with zero attached hydrogens (tertiary/aromatic N) is 2. The van der Waals surface area contributed by atoms with Crippen molar-refractivity contribution >= 4 is 5.78 Å². The number of hydrogen-bond acceptors (Lipinski definition) is 3. The molecule has 0 aliphatic carbocycles. The van der Waals surface area contributed by atoms with Crippen LogP contribution in [0.15, 0.2) is 6.07 Å². The van der Waals surface area contributed by atoms with E-state index in [0.717, 1.165) is 51.1 Å². The minimum Gasteiger partial charge on any atom is -0.381 e. The Labute approximate surface area is 127 Å². The van der Waals surface area contributed by atoms with Crippen molar-refractivity contribution in [1.82, 2.24) is 9.78 Å². The third kappa shape index (κ3) is 4.67. The van der Waals surface area contributed by atoms with Crippen LogP contribution in [0.2, 0.25) is 0 Å². The van der Waals surface area contributed by atoms with Crippen LogP contribution in [0.25, 0.3) is 0 Å². The van der Waals surface area contributed by atoms with E-state index in [-0.39, 0.29) is 5.92 Å². The van der Waals surface area contributed by atoms with Crippen molar-refractivity contribution < 1.29 is 9.53 Å². The van der Waals surface area contributed by atoms with Crippen LogP contribution >= 0.6 is 0 Å². The number of ketones is 1. The topological polar surface area (TPSA) is 44.1 Å². The van der Waals surface area contributed by atoms with Crippen molar-refractivity contribution in [3.63, 3.8) is 0 Å². The van der Waals surface area contributed by atoms with Crippen LogP contribution in [0.1, 0.15) is 50.9 Å². The molecule has 118 valence electrons. The molecule has 0 saturated carbocycles. The van der Waals surface area contributed by atoms with Crippen molar-refractivity contribution in [2.24, 2.45) is 11.8 Å². The number of aromatic nitrogens is 2. The fourth-order valence-electron chi connectivity index (χ4n) is 2.91. The summed E-state index contributed by atoms with van der Waals surface area (Å²) in [7, 11) is 0. The molecule has 0 bridgehead atoms. The van der Waals surface area contributed by atoms with E-state index in [0.29, 0.717) is 18.1 Å². The molecule has 21 heavy (non-hydrogen) atoms. The summed E-state index contributed by atoms with van der Waals surface area (Å²) in [5, 5.41) is 4.70. The van der Waals surface area contributed by atoms with Gasteiger partial charge in [0.2, 0.25) is 0 Å². The summed E-state index contributed by atoms with van der Waals surface area (Å²) in [6.07, 6.45) is 4.68. The van der Waals surface area contributed by atoms with Gasteiger partial charge in [-0.3, -0.25) is 9.48 Å². The lowest BCUT2D eigenvalue weighted by atomic mass is 9.99. The third-order valence-corrected chi connectivity index (χ3v) is 4.37. The largest absolute Gasteiger partial charge is 0.381 e. The van der Waals surface area contributed by atoms with Crippen LogP contribution in [0.5, 0.6) is 0 Å². The zero-order chi connectivity index (χ0) is 15.2. The predicted molar refractivity (Wildman–Crippen MR) is 83.3 cm³/mol. The van der Waals surface area contributed by atoms with Gasteiger partial charge in [0.05, 0.1) is 5.69 Å². The molecule has 1 aromatic rings. The molecule has 1 aliphatic heterocycles. The van der Waals surface area contributed by atoms with Gasteiger partial charge < -0.3 is 4.74 Å². The summed E-state index contributed by atoms with van der Waals surface area (Å²) in [5.41, 5.74) is 2.36. The molecule has 1 aromatic heterocycles. The van der Waals surface area contributed by atoms with Gasteiger partial charge in [0.25, 0.3) is 0 Å². The first-order chi connectivity index (χ1) is 10.1. The number of hydrogen-bond donors (Lipinski definition) is 0. The summed E-state index contributed by atoms with van der Waals surface area (Å²) in [6, 6.07) is 2.18. The summed E-state index contributed by atoms with van der Waals surface area (Å²) < 4.78 is 7.48. The minimum atomic E-state index is 0.139. The third-order valence-electron chi connectivity index (χ3n) is 4.37. The second-order valence-corrected chi connectivity index (χ2v) is 6.34. The zero-order valence-electron chi connectivity index (χ0n) is 13.6. The number of rotatable bonds is 8. The Hall–Kier alpha value is -1.16. The SMILES string of the molecule is CCCC(=O)C(C)CCn1nc(CC2CCOC2)cc1C. The van der Waals surface area contributed by atoms with Gasteiger partial charge in [-0.1, -0.05) is 13.8 Å². The summed E-state index contributed by atoms with van der Waals surface area (Å²) >= 11 is 0. The molecule has 2 unspecified atom stereocenters. The van der Waals surface area contributed by atoms with Crippen LogP contribution in [0, 0.1) is 18.8 Å². The smallest absolute Gasteiger partial charge is 0.135 e. The Morgan fingerprint density at radius 3 is 3.05 bits per heavy atom. The van der Waals surface area contributed by atoms with E-state index in [9.17, 15) is 4.79 Å². The fourth-order valence-corrected chi connectivity index (χ4v) is 2.91. The lowest BCUT2D eigenvalue weighted by molar-refractivity contribution is -0.122. The number of aryl methyl sites for hydroxylation is 2. The van der Waals surface area contributed by atoms with Gasteiger partial charge in [-0.15, -0.1) is 0 Å². The molecular weight excluding hydrogens is 264 g/mol. The van der Waals surface area contributed by atoms with Crippen LogP contribution in [-0.4, -0.2) is 28.8 Å². The van der Waals surface area contributed by atoms with E-state index < -0.39 is 0 Å². The molecule has 4 heteroatoms. The summed E-state index contributed by atoms with van der Waals surface area (Å²) in [4.78, 5) is 11.8. The van der Waals surface area contributed by atoms with Crippen molar-refractivity contribution in [3.8, 4) is 0 Å². The molecule has 2 heterocycles. The maximum atomic E-state index is 11.8. The average molecular weight is 292 g/mol. The lowest BCUT2D eigenvalue weighted by Gasteiger charge is -2.10. The van der Waals surface area contributed by atoms with E-state index >= 15 is 0 Å². The van der Waals surface area contributed by atoms with Crippen molar-refractivity contribution in [3.05, 3.63) is 17.5 Å². The van der Waals surface area contributed by atoms with Gasteiger partial charge in [0.15, 0.2) is 0 Å². The fraction of sp³-hybridized carbons (Fsp3) is 0.765. The minimum absolute atomic E-state index is 0.139. The number of carbonyl (C=O) groups is 1. The highest BCUT2D eigenvalue weighted by Gasteiger charge is 2.18. The predicted octanol–water partition coefficient (Wildman–Crippen LogP) is 3.17. The van der Waals surface area contributed by atoms with E-state index in [1.54, 1.807) is 0 Å². The van der Waals surface area contributed by atoms with Gasteiger partial charge in [-0.2, -0.15) is 5.10 Å². The van der Waals surface area contributed by atoms with Crippen LogP contribution in [0.4, 0.5) is 0 Å². The monoisotopic (exact) mass is 292 g/mol. The number of ether oxygens (including phenoxy) is 1. The van der Waals surface area contributed by atoms with Crippen molar-refractivity contribution in [2.45, 2.75) is 59.4 Å². The molecule has 2 atom stereocenters. The molecule has 0 N–H and O–H groups in total. The van der Waals surface area contributed by atoms with E-state index in [4.69, 9.17) is 9.84 Å².